The Morgan fingerprint density at radius 1 is 1.40 bits per heavy atom. The number of carboxylic acids is 1. The van der Waals surface area contributed by atoms with Gasteiger partial charge in [0.2, 0.25) is 0 Å². The summed E-state index contributed by atoms with van der Waals surface area (Å²) in [4.78, 5) is 13.2. The third kappa shape index (κ3) is 1.75. The highest BCUT2D eigenvalue weighted by atomic mass is 16.4. The van der Waals surface area contributed by atoms with Crippen molar-refractivity contribution in [3.8, 4) is 0 Å². The summed E-state index contributed by atoms with van der Waals surface area (Å²) < 4.78 is 0. The Bertz CT molecular complexity index is 399. The van der Waals surface area contributed by atoms with Crippen molar-refractivity contribution in [2.75, 3.05) is 14.1 Å². The first-order valence-electron chi connectivity index (χ1n) is 5.10. The summed E-state index contributed by atoms with van der Waals surface area (Å²) in [5.74, 6) is -0.814. The summed E-state index contributed by atoms with van der Waals surface area (Å²) in [5.41, 5.74) is 2.68. The number of rotatable bonds is 2. The lowest BCUT2D eigenvalue weighted by atomic mass is 10.0. The van der Waals surface area contributed by atoms with Crippen LogP contribution < -0.4 is 0 Å². The lowest BCUT2D eigenvalue weighted by molar-refractivity contribution is 0.0695. The molecule has 80 valence electrons. The number of likely N-dealkylation sites (N-methyl/N-ethyl adjacent to an activating group) is 1. The van der Waals surface area contributed by atoms with Gasteiger partial charge in [-0.25, -0.2) is 4.79 Å². The fourth-order valence-electron chi connectivity index (χ4n) is 2.19. The summed E-state index contributed by atoms with van der Waals surface area (Å²) in [6, 6.07) is 6.01. The Morgan fingerprint density at radius 2 is 2.13 bits per heavy atom. The Hall–Kier alpha value is -1.35. The van der Waals surface area contributed by atoms with E-state index in [0.29, 0.717) is 11.6 Å². The van der Waals surface area contributed by atoms with Gasteiger partial charge in [-0.2, -0.15) is 0 Å². The van der Waals surface area contributed by atoms with Gasteiger partial charge < -0.3 is 10.0 Å². The van der Waals surface area contributed by atoms with Crippen LogP contribution in [0.5, 0.6) is 0 Å². The first kappa shape index (κ1) is 10.2. The molecular formula is C12H15NO2. The third-order valence-electron chi connectivity index (χ3n) is 3.13. The largest absolute Gasteiger partial charge is 0.478 e. The number of carboxylic acid groups (broad SMARTS) is 1. The van der Waals surface area contributed by atoms with Crippen molar-refractivity contribution in [1.82, 2.24) is 4.90 Å². The molecule has 1 N–H and O–H groups in total. The van der Waals surface area contributed by atoms with Gasteiger partial charge in [-0.15, -0.1) is 0 Å². The van der Waals surface area contributed by atoms with E-state index in [-0.39, 0.29) is 0 Å². The van der Waals surface area contributed by atoms with Gasteiger partial charge in [0.25, 0.3) is 0 Å². The quantitative estimate of drug-likeness (QED) is 0.793. The van der Waals surface area contributed by atoms with E-state index in [4.69, 9.17) is 5.11 Å². The van der Waals surface area contributed by atoms with E-state index in [0.717, 1.165) is 18.4 Å². The number of fused-ring (bicyclic) bond motifs is 1. The smallest absolute Gasteiger partial charge is 0.335 e. The molecule has 0 saturated carbocycles. The fourth-order valence-corrected chi connectivity index (χ4v) is 2.19. The van der Waals surface area contributed by atoms with E-state index in [1.165, 1.54) is 5.56 Å². The lowest BCUT2D eigenvalue weighted by Crippen LogP contribution is -2.28. The Kier molecular flexibility index (Phi) is 2.49. The third-order valence-corrected chi connectivity index (χ3v) is 3.13. The number of nitrogens with zero attached hydrogens (tertiary/aromatic N) is 1. The fraction of sp³-hybridized carbons (Fsp3) is 0.417. The molecule has 3 heteroatoms. The highest BCUT2D eigenvalue weighted by Gasteiger charge is 2.26. The molecule has 0 heterocycles. The van der Waals surface area contributed by atoms with Crippen LogP contribution in [0.2, 0.25) is 0 Å². The number of carbonyl (C=O) groups is 1. The Balaban J connectivity index is 2.37. The van der Waals surface area contributed by atoms with Crippen molar-refractivity contribution in [2.24, 2.45) is 0 Å². The van der Waals surface area contributed by atoms with E-state index in [9.17, 15) is 4.79 Å². The summed E-state index contributed by atoms with van der Waals surface area (Å²) in [6.07, 6.45) is 1.81. The minimum atomic E-state index is -0.814. The highest BCUT2D eigenvalue weighted by molar-refractivity contribution is 5.90. The van der Waals surface area contributed by atoms with E-state index in [1.54, 1.807) is 6.07 Å². The van der Waals surface area contributed by atoms with Crippen LogP contribution in [0.1, 0.15) is 21.5 Å². The molecule has 0 spiro atoms. The van der Waals surface area contributed by atoms with Crippen molar-refractivity contribution >= 4 is 5.97 Å². The molecule has 0 saturated heterocycles. The molecular weight excluding hydrogens is 190 g/mol. The predicted molar refractivity (Wildman–Crippen MR) is 58.3 cm³/mol. The first-order chi connectivity index (χ1) is 7.09. The molecule has 0 radical (unpaired) electrons. The SMILES string of the molecule is CN(C)C1Cc2cccc(C(=O)O)c2C1. The topological polar surface area (TPSA) is 40.5 Å². The van der Waals surface area contributed by atoms with Gasteiger partial charge in [-0.3, -0.25) is 0 Å². The van der Waals surface area contributed by atoms with Crippen LogP contribution in [0.4, 0.5) is 0 Å². The van der Waals surface area contributed by atoms with Crippen LogP contribution >= 0.6 is 0 Å². The van der Waals surface area contributed by atoms with Crippen molar-refractivity contribution < 1.29 is 9.90 Å². The Labute approximate surface area is 89.3 Å². The van der Waals surface area contributed by atoms with Crippen molar-refractivity contribution in [1.29, 1.82) is 0 Å². The zero-order valence-electron chi connectivity index (χ0n) is 9.03. The molecule has 1 aromatic rings. The molecule has 0 bridgehead atoms. The van der Waals surface area contributed by atoms with Crippen LogP contribution in [0.3, 0.4) is 0 Å². The van der Waals surface area contributed by atoms with Crippen molar-refractivity contribution in [2.45, 2.75) is 18.9 Å². The minimum absolute atomic E-state index is 0.445. The van der Waals surface area contributed by atoms with Gasteiger partial charge in [0, 0.05) is 6.04 Å². The van der Waals surface area contributed by atoms with Gasteiger partial charge in [-0.1, -0.05) is 12.1 Å². The molecule has 15 heavy (non-hydrogen) atoms. The zero-order valence-corrected chi connectivity index (χ0v) is 9.03. The number of hydrogen-bond acceptors (Lipinski definition) is 2. The maximum atomic E-state index is 11.0. The van der Waals surface area contributed by atoms with Crippen LogP contribution in [0, 0.1) is 0 Å². The highest BCUT2D eigenvalue weighted by Crippen LogP contribution is 2.27. The molecule has 1 atom stereocenters. The standard InChI is InChI=1S/C12H15NO2/c1-13(2)9-6-8-4-3-5-10(12(14)15)11(8)7-9/h3-5,9H,6-7H2,1-2H3,(H,14,15). The summed E-state index contributed by atoms with van der Waals surface area (Å²) in [5, 5.41) is 9.06. The van der Waals surface area contributed by atoms with E-state index >= 15 is 0 Å². The molecule has 0 amide bonds. The zero-order chi connectivity index (χ0) is 11.0. The average molecular weight is 205 g/mol. The molecule has 0 aromatic heterocycles. The lowest BCUT2D eigenvalue weighted by Gasteiger charge is -2.17. The van der Waals surface area contributed by atoms with E-state index in [1.807, 2.05) is 26.2 Å². The number of benzene rings is 1. The minimum Gasteiger partial charge on any atom is -0.478 e. The second-order valence-electron chi connectivity index (χ2n) is 4.27. The molecule has 1 aliphatic rings. The van der Waals surface area contributed by atoms with E-state index < -0.39 is 5.97 Å². The molecule has 1 aliphatic carbocycles. The molecule has 1 aromatic carbocycles. The normalized spacial score (nSPS) is 19.3. The molecule has 2 rings (SSSR count). The molecule has 0 aliphatic heterocycles. The molecule has 3 nitrogen and oxygen atoms in total. The maximum absolute atomic E-state index is 11.0. The van der Waals surface area contributed by atoms with Gasteiger partial charge in [0.05, 0.1) is 5.56 Å². The number of aromatic carboxylic acids is 1. The second kappa shape index (κ2) is 3.66. The van der Waals surface area contributed by atoms with Gasteiger partial charge in [-0.05, 0) is 44.1 Å². The van der Waals surface area contributed by atoms with Crippen LogP contribution in [-0.4, -0.2) is 36.1 Å². The molecule has 0 fully saturated rings. The monoisotopic (exact) mass is 205 g/mol. The summed E-state index contributed by atoms with van der Waals surface area (Å²) in [7, 11) is 4.08. The molecule has 1 unspecified atom stereocenters. The van der Waals surface area contributed by atoms with Gasteiger partial charge in [0.1, 0.15) is 0 Å². The second-order valence-corrected chi connectivity index (χ2v) is 4.27. The first-order valence-corrected chi connectivity index (χ1v) is 5.10. The summed E-state index contributed by atoms with van der Waals surface area (Å²) in [6.45, 7) is 0. The van der Waals surface area contributed by atoms with E-state index in [2.05, 4.69) is 4.90 Å². The van der Waals surface area contributed by atoms with Gasteiger partial charge in [0.15, 0.2) is 0 Å². The van der Waals surface area contributed by atoms with Crippen molar-refractivity contribution in [3.63, 3.8) is 0 Å². The number of hydrogen-bond donors (Lipinski definition) is 1. The predicted octanol–water partition coefficient (Wildman–Crippen LogP) is 1.41. The van der Waals surface area contributed by atoms with Crippen LogP contribution in [0.25, 0.3) is 0 Å². The maximum Gasteiger partial charge on any atom is 0.335 e. The van der Waals surface area contributed by atoms with Crippen LogP contribution in [0.15, 0.2) is 18.2 Å². The van der Waals surface area contributed by atoms with Crippen molar-refractivity contribution in [3.05, 3.63) is 34.9 Å². The average Bonchev–Trinajstić information content (AvgIpc) is 2.60. The van der Waals surface area contributed by atoms with Gasteiger partial charge >= 0.3 is 5.97 Å². The summed E-state index contributed by atoms with van der Waals surface area (Å²) >= 11 is 0. The van der Waals surface area contributed by atoms with Crippen LogP contribution in [-0.2, 0) is 12.8 Å². The Morgan fingerprint density at radius 3 is 2.73 bits per heavy atom.